The lowest BCUT2D eigenvalue weighted by Crippen LogP contribution is -2.63. The van der Waals surface area contributed by atoms with Crippen LogP contribution in [0.3, 0.4) is 0 Å². The van der Waals surface area contributed by atoms with Crippen LogP contribution in [0.15, 0.2) is 12.2 Å². The monoisotopic (exact) mass is 442 g/mol. The number of carbonyl (C=O) groups is 1. The van der Waals surface area contributed by atoms with Crippen LogP contribution in [0.5, 0.6) is 0 Å². The van der Waals surface area contributed by atoms with Gasteiger partial charge in [-0.3, -0.25) is 4.79 Å². The normalized spacial score (nSPS) is 54.0. The summed E-state index contributed by atoms with van der Waals surface area (Å²) in [4.78, 5) is 12.7. The summed E-state index contributed by atoms with van der Waals surface area (Å²) in [7, 11) is 0. The molecule has 0 spiro atoms. The Hall–Kier alpha value is -0.830. The van der Waals surface area contributed by atoms with E-state index >= 15 is 0 Å². The highest BCUT2D eigenvalue weighted by molar-refractivity contribution is 5.76. The van der Waals surface area contributed by atoms with Gasteiger partial charge in [-0.1, -0.05) is 39.8 Å². The predicted molar refractivity (Wildman–Crippen MR) is 128 cm³/mol. The molecule has 0 aromatic heterocycles. The van der Waals surface area contributed by atoms with Gasteiger partial charge in [-0.25, -0.2) is 0 Å². The number of aliphatic hydroxyl groups excluding tert-OH is 1. The van der Waals surface area contributed by atoms with Gasteiger partial charge in [-0.2, -0.15) is 0 Å². The second kappa shape index (κ2) is 7.09. The summed E-state index contributed by atoms with van der Waals surface area (Å²) in [5, 5.41) is 21.2. The highest BCUT2D eigenvalue weighted by Gasteiger charge is 2.68. The molecule has 5 aliphatic rings. The Morgan fingerprint density at radius 2 is 1.50 bits per heavy atom. The van der Waals surface area contributed by atoms with E-state index in [-0.39, 0.29) is 17.4 Å². The molecule has 5 aliphatic carbocycles. The Balaban J connectivity index is 1.52. The first-order chi connectivity index (χ1) is 14.9. The zero-order valence-electron chi connectivity index (χ0n) is 21.1. The van der Waals surface area contributed by atoms with Crippen LogP contribution in [-0.4, -0.2) is 22.3 Å². The van der Waals surface area contributed by atoms with E-state index < -0.39 is 11.4 Å². The molecule has 0 aliphatic heterocycles. The van der Waals surface area contributed by atoms with Crippen molar-refractivity contribution in [3.05, 3.63) is 12.2 Å². The molecule has 10 atom stereocenters. The lowest BCUT2D eigenvalue weighted by Gasteiger charge is -2.69. The molecule has 5 fully saturated rings. The first-order valence-corrected chi connectivity index (χ1v) is 13.5. The summed E-state index contributed by atoms with van der Waals surface area (Å²) in [5.41, 5.74) is 1.30. The summed E-state index contributed by atoms with van der Waals surface area (Å²) in [6.07, 6.45) is 10.6. The van der Waals surface area contributed by atoms with Gasteiger partial charge in [0.15, 0.2) is 0 Å². The minimum Gasteiger partial charge on any atom is -0.481 e. The number of aliphatic carboxylic acids is 1. The molecule has 32 heavy (non-hydrogen) atoms. The second-order valence-corrected chi connectivity index (χ2v) is 13.9. The van der Waals surface area contributed by atoms with Gasteiger partial charge in [0.2, 0.25) is 0 Å². The quantitative estimate of drug-likeness (QED) is 0.468. The molecule has 3 nitrogen and oxygen atoms in total. The summed E-state index contributed by atoms with van der Waals surface area (Å²) in [6, 6.07) is 0. The number of carboxylic acid groups (broad SMARTS) is 1. The third-order valence-corrected chi connectivity index (χ3v) is 12.6. The van der Waals surface area contributed by atoms with Gasteiger partial charge in [-0.15, -0.1) is 0 Å². The van der Waals surface area contributed by atoms with E-state index in [9.17, 15) is 15.0 Å². The molecule has 3 heteroatoms. The number of rotatable bonds is 2. The third kappa shape index (κ3) is 2.72. The molecule has 180 valence electrons. The number of hydrogen-bond acceptors (Lipinski definition) is 2. The van der Waals surface area contributed by atoms with Crippen molar-refractivity contribution >= 4 is 5.97 Å². The summed E-state index contributed by atoms with van der Waals surface area (Å²) in [5.74, 6) is 2.60. The lowest BCUT2D eigenvalue weighted by atomic mass is 9.36. The maximum Gasteiger partial charge on any atom is 0.309 e. The first-order valence-electron chi connectivity index (χ1n) is 13.5. The van der Waals surface area contributed by atoms with Crippen LogP contribution in [0.4, 0.5) is 0 Å². The van der Waals surface area contributed by atoms with Gasteiger partial charge >= 0.3 is 5.97 Å². The molecule has 5 saturated carbocycles. The van der Waals surface area contributed by atoms with Crippen molar-refractivity contribution in [2.45, 2.75) is 105 Å². The number of allylic oxidation sites excluding steroid dienone is 1. The molecular formula is C29H46O3. The molecule has 0 heterocycles. The topological polar surface area (TPSA) is 57.5 Å². The Labute approximate surface area is 195 Å². The van der Waals surface area contributed by atoms with Gasteiger partial charge in [0.25, 0.3) is 0 Å². The average Bonchev–Trinajstić information content (AvgIpc) is 3.12. The number of fused-ring (bicyclic) bond motifs is 7. The van der Waals surface area contributed by atoms with Gasteiger partial charge in [0.1, 0.15) is 0 Å². The minimum absolute atomic E-state index is 0.00724. The zero-order chi connectivity index (χ0) is 23.3. The maximum atomic E-state index is 12.7. The molecular weight excluding hydrogens is 396 g/mol. The Morgan fingerprint density at radius 1 is 0.844 bits per heavy atom. The standard InChI is InChI=1S/C29H46O3/c1-17(2)18-9-15-29(25(31)32)16-10-20-19(24(18)29)7-8-22-27(20,5)13-11-21-26(3,4)23(30)12-14-28(21,22)6/h18-24,30H,1,7-16H2,2-6H3,(H,31,32)/t18-,19?,20?,21?,22?,23?,24?,27-,28-,29?/m0/s1. The van der Waals surface area contributed by atoms with Crippen LogP contribution in [-0.2, 0) is 4.79 Å². The summed E-state index contributed by atoms with van der Waals surface area (Å²) < 4.78 is 0. The van der Waals surface area contributed by atoms with Crippen molar-refractivity contribution in [3.8, 4) is 0 Å². The fourth-order valence-electron chi connectivity index (χ4n) is 11.2. The van der Waals surface area contributed by atoms with E-state index in [0.717, 1.165) is 38.5 Å². The Morgan fingerprint density at radius 3 is 2.16 bits per heavy atom. The van der Waals surface area contributed by atoms with Crippen molar-refractivity contribution in [1.82, 2.24) is 0 Å². The fraction of sp³-hybridized carbons (Fsp3) is 0.897. The van der Waals surface area contributed by atoms with Gasteiger partial charge in [0, 0.05) is 0 Å². The second-order valence-electron chi connectivity index (χ2n) is 13.9. The fourth-order valence-corrected chi connectivity index (χ4v) is 11.2. The van der Waals surface area contributed by atoms with Gasteiger partial charge in [-0.05, 0) is 123 Å². The van der Waals surface area contributed by atoms with Crippen LogP contribution < -0.4 is 0 Å². The molecule has 0 bridgehead atoms. The van der Waals surface area contributed by atoms with E-state index in [1.807, 2.05) is 0 Å². The van der Waals surface area contributed by atoms with Crippen LogP contribution in [0.1, 0.15) is 98.8 Å². The molecule has 7 unspecified atom stereocenters. The van der Waals surface area contributed by atoms with Gasteiger partial charge < -0.3 is 10.2 Å². The van der Waals surface area contributed by atoms with E-state index in [1.54, 1.807) is 0 Å². The highest BCUT2D eigenvalue weighted by atomic mass is 16.4. The number of aliphatic hydroxyl groups is 1. The SMILES string of the molecule is C=C(C)[C@@H]1CCC2(C(=O)O)CCC3C(CCC4[C@@]3(C)CCC3C(C)(C)C(O)CC[C@@]34C)C12. The van der Waals surface area contributed by atoms with Crippen molar-refractivity contribution in [2.24, 2.45) is 57.2 Å². The number of hydrogen-bond donors (Lipinski definition) is 2. The molecule has 0 saturated heterocycles. The first kappa shape index (κ1) is 22.9. The van der Waals surface area contributed by atoms with E-state index in [2.05, 4.69) is 41.2 Å². The summed E-state index contributed by atoms with van der Waals surface area (Å²) >= 11 is 0. The molecule has 0 aromatic rings. The van der Waals surface area contributed by atoms with E-state index in [4.69, 9.17) is 0 Å². The maximum absolute atomic E-state index is 12.7. The van der Waals surface area contributed by atoms with Crippen molar-refractivity contribution in [3.63, 3.8) is 0 Å². The van der Waals surface area contributed by atoms with Crippen LogP contribution in [0.2, 0.25) is 0 Å². The lowest BCUT2D eigenvalue weighted by molar-refractivity contribution is -0.217. The number of carboxylic acids is 1. The van der Waals surface area contributed by atoms with Crippen LogP contribution in [0, 0.1) is 57.2 Å². The summed E-state index contributed by atoms with van der Waals surface area (Å²) in [6.45, 7) is 16.2. The van der Waals surface area contributed by atoms with Crippen molar-refractivity contribution < 1.29 is 15.0 Å². The highest BCUT2D eigenvalue weighted by Crippen LogP contribution is 2.73. The largest absolute Gasteiger partial charge is 0.481 e. The van der Waals surface area contributed by atoms with Crippen LogP contribution >= 0.6 is 0 Å². The zero-order valence-corrected chi connectivity index (χ0v) is 21.1. The minimum atomic E-state index is -0.532. The van der Waals surface area contributed by atoms with E-state index in [0.29, 0.717) is 40.4 Å². The van der Waals surface area contributed by atoms with Crippen LogP contribution in [0.25, 0.3) is 0 Å². The van der Waals surface area contributed by atoms with Crippen molar-refractivity contribution in [1.29, 1.82) is 0 Å². The Kier molecular flexibility index (Phi) is 5.08. The molecule has 0 amide bonds. The van der Waals surface area contributed by atoms with E-state index in [1.165, 1.54) is 31.3 Å². The molecule has 5 rings (SSSR count). The Bertz CT molecular complexity index is 815. The molecule has 2 N–H and O–H groups in total. The van der Waals surface area contributed by atoms with Crippen molar-refractivity contribution in [2.75, 3.05) is 0 Å². The van der Waals surface area contributed by atoms with Gasteiger partial charge in [0.05, 0.1) is 11.5 Å². The average molecular weight is 443 g/mol. The molecule has 0 radical (unpaired) electrons. The molecule has 0 aromatic carbocycles. The third-order valence-electron chi connectivity index (χ3n) is 12.6. The smallest absolute Gasteiger partial charge is 0.309 e. The predicted octanol–water partition coefficient (Wildman–Crippen LogP) is 6.70.